The van der Waals surface area contributed by atoms with Gasteiger partial charge in [0.25, 0.3) is 5.69 Å². The lowest BCUT2D eigenvalue weighted by Crippen LogP contribution is -2.16. The normalized spacial score (nSPS) is 11.9. The molecule has 1 atom stereocenters. The summed E-state index contributed by atoms with van der Waals surface area (Å²) in [5.41, 5.74) is 2.15. The molecule has 1 aromatic heterocycles. The molecular formula is C9H15N5O3. The Morgan fingerprint density at radius 3 is 2.76 bits per heavy atom. The van der Waals surface area contributed by atoms with E-state index in [-0.39, 0.29) is 24.0 Å². The molecule has 0 saturated carbocycles. The van der Waals surface area contributed by atoms with E-state index in [4.69, 9.17) is 10.9 Å². The highest BCUT2D eigenvalue weighted by Crippen LogP contribution is 2.20. The third-order valence-electron chi connectivity index (χ3n) is 2.11. The fourth-order valence-corrected chi connectivity index (χ4v) is 1.13. The molecule has 0 aliphatic carbocycles. The van der Waals surface area contributed by atoms with Gasteiger partial charge in [0.05, 0.1) is 17.1 Å². The molecule has 0 saturated heterocycles. The number of aliphatic hydroxyl groups is 1. The quantitative estimate of drug-likeness (QED) is 0.321. The molecule has 0 amide bonds. The minimum Gasteiger partial charge on any atom is -0.396 e. The van der Waals surface area contributed by atoms with E-state index in [1.54, 1.807) is 0 Å². The number of aliphatic hydroxyl groups excluding tert-OH is 1. The van der Waals surface area contributed by atoms with Gasteiger partial charge >= 0.3 is 0 Å². The van der Waals surface area contributed by atoms with Crippen molar-refractivity contribution in [3.05, 3.63) is 22.2 Å². The lowest BCUT2D eigenvalue weighted by Gasteiger charge is -2.10. The van der Waals surface area contributed by atoms with Crippen LogP contribution in [0.5, 0.6) is 0 Å². The molecule has 8 nitrogen and oxygen atoms in total. The van der Waals surface area contributed by atoms with Crippen molar-refractivity contribution in [3.63, 3.8) is 0 Å². The summed E-state index contributed by atoms with van der Waals surface area (Å²) in [6.07, 6.45) is 0. The van der Waals surface area contributed by atoms with Crippen molar-refractivity contribution < 1.29 is 10.0 Å². The first-order valence-electron chi connectivity index (χ1n) is 5.04. The first-order valence-corrected chi connectivity index (χ1v) is 5.04. The highest BCUT2D eigenvalue weighted by atomic mass is 16.6. The third-order valence-corrected chi connectivity index (χ3v) is 2.11. The number of nitrogens with one attached hydrogen (secondary N) is 2. The lowest BCUT2D eigenvalue weighted by atomic mass is 10.2. The highest BCUT2D eigenvalue weighted by molar-refractivity contribution is 5.54. The predicted octanol–water partition coefficient (Wildman–Crippen LogP) is 0.316. The standard InChI is InChI=1S/C9H15N5O3/c1-6(5-15)4-11-8-2-7(14(16)17)3-9(12-8)13-10/h2-3,6,15H,4-5,10H2,1H3,(H2,11,12,13). The van der Waals surface area contributed by atoms with Crippen LogP contribution in [0.4, 0.5) is 17.3 Å². The summed E-state index contributed by atoms with van der Waals surface area (Å²) in [5, 5.41) is 22.4. The number of rotatable bonds is 6. The van der Waals surface area contributed by atoms with Crippen LogP contribution in [-0.4, -0.2) is 28.2 Å². The van der Waals surface area contributed by atoms with Gasteiger partial charge < -0.3 is 15.8 Å². The molecule has 0 bridgehead atoms. The number of nitrogens with zero attached hydrogens (tertiary/aromatic N) is 2. The molecule has 94 valence electrons. The fraction of sp³-hybridized carbons (Fsp3) is 0.444. The smallest absolute Gasteiger partial charge is 0.276 e. The van der Waals surface area contributed by atoms with Gasteiger partial charge in [-0.2, -0.15) is 0 Å². The van der Waals surface area contributed by atoms with Crippen molar-refractivity contribution in [1.29, 1.82) is 0 Å². The fourth-order valence-electron chi connectivity index (χ4n) is 1.13. The van der Waals surface area contributed by atoms with E-state index in [0.29, 0.717) is 12.4 Å². The maximum Gasteiger partial charge on any atom is 0.276 e. The Hall–Kier alpha value is -1.93. The van der Waals surface area contributed by atoms with Crippen LogP contribution in [0.25, 0.3) is 0 Å². The van der Waals surface area contributed by atoms with E-state index in [1.165, 1.54) is 12.1 Å². The number of anilines is 2. The van der Waals surface area contributed by atoms with E-state index in [9.17, 15) is 10.1 Å². The zero-order chi connectivity index (χ0) is 12.8. The lowest BCUT2D eigenvalue weighted by molar-refractivity contribution is -0.384. The van der Waals surface area contributed by atoms with Gasteiger partial charge in [0.15, 0.2) is 0 Å². The summed E-state index contributed by atoms with van der Waals surface area (Å²) in [6, 6.07) is 2.55. The zero-order valence-corrected chi connectivity index (χ0v) is 9.38. The summed E-state index contributed by atoms with van der Waals surface area (Å²) < 4.78 is 0. The maximum atomic E-state index is 10.7. The second-order valence-electron chi connectivity index (χ2n) is 3.67. The first kappa shape index (κ1) is 13.1. The first-order chi connectivity index (χ1) is 8.06. The van der Waals surface area contributed by atoms with Gasteiger partial charge in [0.1, 0.15) is 11.6 Å². The number of nitrogens with two attached hydrogens (primary N) is 1. The number of hydrogen-bond donors (Lipinski definition) is 4. The average molecular weight is 241 g/mol. The molecule has 0 aliphatic rings. The Labute approximate surface area is 98.0 Å². The summed E-state index contributed by atoms with van der Waals surface area (Å²) >= 11 is 0. The van der Waals surface area contributed by atoms with E-state index in [0.717, 1.165) is 0 Å². The molecule has 5 N–H and O–H groups in total. The van der Waals surface area contributed by atoms with Crippen LogP contribution < -0.4 is 16.6 Å². The largest absolute Gasteiger partial charge is 0.396 e. The Morgan fingerprint density at radius 2 is 2.24 bits per heavy atom. The molecule has 17 heavy (non-hydrogen) atoms. The molecule has 1 heterocycles. The summed E-state index contributed by atoms with van der Waals surface area (Å²) in [7, 11) is 0. The molecule has 1 rings (SSSR count). The molecule has 1 aromatic rings. The Balaban J connectivity index is 2.83. The van der Waals surface area contributed by atoms with Crippen molar-refractivity contribution in [2.45, 2.75) is 6.92 Å². The van der Waals surface area contributed by atoms with Gasteiger partial charge in [-0.05, 0) is 5.92 Å². The van der Waals surface area contributed by atoms with Crippen LogP contribution in [0, 0.1) is 16.0 Å². The number of nitrogen functional groups attached to an aromatic ring is 1. The van der Waals surface area contributed by atoms with Crippen molar-refractivity contribution in [1.82, 2.24) is 4.98 Å². The van der Waals surface area contributed by atoms with Gasteiger partial charge in [-0.3, -0.25) is 10.1 Å². The summed E-state index contributed by atoms with van der Waals surface area (Å²) in [5.74, 6) is 5.75. The second kappa shape index (κ2) is 5.97. The van der Waals surface area contributed by atoms with Gasteiger partial charge in [-0.25, -0.2) is 10.8 Å². The molecule has 0 spiro atoms. The minimum absolute atomic E-state index is 0.0317. The number of aromatic nitrogens is 1. The molecule has 0 radical (unpaired) electrons. The third kappa shape index (κ3) is 3.85. The number of hydrazine groups is 1. The van der Waals surface area contributed by atoms with Gasteiger partial charge in [-0.15, -0.1) is 0 Å². The highest BCUT2D eigenvalue weighted by Gasteiger charge is 2.11. The summed E-state index contributed by atoms with van der Waals surface area (Å²) in [6.45, 7) is 2.34. The van der Waals surface area contributed by atoms with Gasteiger partial charge in [-0.1, -0.05) is 6.92 Å². The van der Waals surface area contributed by atoms with Crippen LogP contribution in [0.15, 0.2) is 12.1 Å². The molecule has 1 unspecified atom stereocenters. The van der Waals surface area contributed by atoms with Crippen LogP contribution in [0.2, 0.25) is 0 Å². The number of nitro groups is 1. The molecule has 0 aliphatic heterocycles. The van der Waals surface area contributed by atoms with Crippen molar-refractivity contribution >= 4 is 17.3 Å². The van der Waals surface area contributed by atoms with Crippen molar-refractivity contribution in [2.24, 2.45) is 11.8 Å². The molecular weight excluding hydrogens is 226 g/mol. The topological polar surface area (TPSA) is 126 Å². The van der Waals surface area contributed by atoms with E-state index >= 15 is 0 Å². The average Bonchev–Trinajstić information content (AvgIpc) is 2.35. The Kier molecular flexibility index (Phi) is 4.61. The Morgan fingerprint density at radius 1 is 1.59 bits per heavy atom. The van der Waals surface area contributed by atoms with E-state index in [2.05, 4.69) is 15.7 Å². The Bertz CT molecular complexity index is 398. The summed E-state index contributed by atoms with van der Waals surface area (Å²) in [4.78, 5) is 14.1. The van der Waals surface area contributed by atoms with Crippen LogP contribution in [0.1, 0.15) is 6.92 Å². The van der Waals surface area contributed by atoms with E-state index in [1.807, 2.05) is 6.92 Å². The zero-order valence-electron chi connectivity index (χ0n) is 9.38. The number of hydrogen-bond acceptors (Lipinski definition) is 7. The van der Waals surface area contributed by atoms with Gasteiger partial charge in [0.2, 0.25) is 0 Å². The van der Waals surface area contributed by atoms with Crippen LogP contribution in [-0.2, 0) is 0 Å². The monoisotopic (exact) mass is 241 g/mol. The van der Waals surface area contributed by atoms with Crippen molar-refractivity contribution in [3.8, 4) is 0 Å². The maximum absolute atomic E-state index is 10.7. The van der Waals surface area contributed by atoms with Gasteiger partial charge in [0, 0.05) is 13.2 Å². The number of pyridine rings is 1. The SMILES string of the molecule is CC(CO)CNc1cc([N+](=O)[O-])cc(NN)n1. The minimum atomic E-state index is -0.525. The van der Waals surface area contributed by atoms with Crippen LogP contribution >= 0.6 is 0 Å². The second-order valence-corrected chi connectivity index (χ2v) is 3.67. The van der Waals surface area contributed by atoms with Crippen LogP contribution in [0.3, 0.4) is 0 Å². The predicted molar refractivity (Wildman–Crippen MR) is 63.4 cm³/mol. The van der Waals surface area contributed by atoms with Crippen molar-refractivity contribution in [2.75, 3.05) is 23.9 Å². The molecule has 0 fully saturated rings. The molecule has 0 aromatic carbocycles. The molecule has 8 heteroatoms. The van der Waals surface area contributed by atoms with E-state index < -0.39 is 4.92 Å².